The van der Waals surface area contributed by atoms with Crippen molar-refractivity contribution in [3.63, 3.8) is 0 Å². The van der Waals surface area contributed by atoms with Crippen LogP contribution in [0.1, 0.15) is 19.8 Å². The number of likely N-dealkylation sites (tertiary alicyclic amines) is 1. The highest BCUT2D eigenvalue weighted by molar-refractivity contribution is 9.10. The summed E-state index contributed by atoms with van der Waals surface area (Å²) in [5.41, 5.74) is 0. The first-order chi connectivity index (χ1) is 9.99. The minimum atomic E-state index is -0.830. The third-order valence-corrected chi connectivity index (χ3v) is 4.32. The van der Waals surface area contributed by atoms with Gasteiger partial charge in [0.25, 0.3) is 0 Å². The molecule has 0 saturated carbocycles. The van der Waals surface area contributed by atoms with Crippen LogP contribution >= 0.6 is 15.9 Å². The Bertz CT molecular complexity index is 517. The molecular weight excluding hydrogens is 338 g/mol. The van der Waals surface area contributed by atoms with E-state index in [2.05, 4.69) is 15.9 Å². The Hall–Kier alpha value is -1.56. The topological polar surface area (TPSA) is 66.8 Å². The molecule has 1 aromatic rings. The van der Waals surface area contributed by atoms with Crippen LogP contribution in [0.2, 0.25) is 0 Å². The Morgan fingerprint density at radius 2 is 2.05 bits per heavy atom. The highest BCUT2D eigenvalue weighted by Gasteiger charge is 2.37. The SMILES string of the molecule is CC1C(C(=O)O)CCN1C(=O)CCOc1ccc(Br)cc1. The predicted molar refractivity (Wildman–Crippen MR) is 81.2 cm³/mol. The molecule has 0 aliphatic carbocycles. The monoisotopic (exact) mass is 355 g/mol. The number of nitrogens with zero attached hydrogens (tertiary/aromatic N) is 1. The number of carbonyl (C=O) groups excluding carboxylic acids is 1. The number of halogens is 1. The molecule has 1 aliphatic rings. The molecule has 21 heavy (non-hydrogen) atoms. The number of ether oxygens (including phenoxy) is 1. The number of carbonyl (C=O) groups is 2. The van der Waals surface area contributed by atoms with Gasteiger partial charge in [-0.3, -0.25) is 9.59 Å². The first kappa shape index (κ1) is 15.8. The molecule has 0 aromatic heterocycles. The van der Waals surface area contributed by atoms with Gasteiger partial charge in [-0.25, -0.2) is 0 Å². The number of amides is 1. The van der Waals surface area contributed by atoms with Crippen molar-refractivity contribution in [2.45, 2.75) is 25.8 Å². The van der Waals surface area contributed by atoms with Crippen molar-refractivity contribution < 1.29 is 19.4 Å². The molecule has 0 spiro atoms. The van der Waals surface area contributed by atoms with Gasteiger partial charge in [0.15, 0.2) is 0 Å². The number of carboxylic acid groups (broad SMARTS) is 1. The summed E-state index contributed by atoms with van der Waals surface area (Å²) in [6, 6.07) is 7.15. The van der Waals surface area contributed by atoms with E-state index >= 15 is 0 Å². The maximum atomic E-state index is 12.1. The highest BCUT2D eigenvalue weighted by atomic mass is 79.9. The van der Waals surface area contributed by atoms with Gasteiger partial charge in [0.1, 0.15) is 5.75 Å². The number of hydrogen-bond acceptors (Lipinski definition) is 3. The first-order valence-corrected chi connectivity index (χ1v) is 7.69. The number of rotatable bonds is 5. The van der Waals surface area contributed by atoms with Gasteiger partial charge in [0, 0.05) is 17.1 Å². The minimum Gasteiger partial charge on any atom is -0.493 e. The van der Waals surface area contributed by atoms with Crippen LogP contribution in [-0.4, -0.2) is 41.1 Å². The molecule has 0 bridgehead atoms. The van der Waals surface area contributed by atoms with Crippen molar-refractivity contribution in [1.29, 1.82) is 0 Å². The second-order valence-corrected chi connectivity index (χ2v) is 6.03. The zero-order valence-electron chi connectivity index (χ0n) is 11.8. The fourth-order valence-electron chi connectivity index (χ4n) is 2.55. The Balaban J connectivity index is 1.80. The van der Waals surface area contributed by atoms with Gasteiger partial charge < -0.3 is 14.7 Å². The zero-order valence-corrected chi connectivity index (χ0v) is 13.4. The third kappa shape index (κ3) is 3.97. The molecule has 1 fully saturated rings. The minimum absolute atomic E-state index is 0.0524. The summed E-state index contributed by atoms with van der Waals surface area (Å²) in [5, 5.41) is 9.06. The van der Waals surface area contributed by atoms with Crippen molar-refractivity contribution >= 4 is 27.8 Å². The van der Waals surface area contributed by atoms with E-state index in [1.807, 2.05) is 24.3 Å². The van der Waals surface area contributed by atoms with Crippen LogP contribution in [0.3, 0.4) is 0 Å². The Morgan fingerprint density at radius 3 is 2.62 bits per heavy atom. The molecule has 1 aromatic carbocycles. The first-order valence-electron chi connectivity index (χ1n) is 6.89. The van der Waals surface area contributed by atoms with Crippen LogP contribution in [0.5, 0.6) is 5.75 Å². The average Bonchev–Trinajstić information content (AvgIpc) is 2.83. The summed E-state index contributed by atoms with van der Waals surface area (Å²) >= 11 is 3.34. The lowest BCUT2D eigenvalue weighted by atomic mass is 10.0. The summed E-state index contributed by atoms with van der Waals surface area (Å²) in [7, 11) is 0. The largest absolute Gasteiger partial charge is 0.493 e. The standard InChI is InChI=1S/C15H18BrNO4/c1-10-13(15(19)20)6-8-17(10)14(18)7-9-21-12-4-2-11(16)3-5-12/h2-5,10,13H,6-9H2,1H3,(H,19,20). The molecule has 1 saturated heterocycles. The van der Waals surface area contributed by atoms with Gasteiger partial charge >= 0.3 is 5.97 Å². The normalized spacial score (nSPS) is 21.3. The molecular formula is C15H18BrNO4. The summed E-state index contributed by atoms with van der Waals surface area (Å²) in [6.45, 7) is 2.59. The highest BCUT2D eigenvalue weighted by Crippen LogP contribution is 2.25. The quantitative estimate of drug-likeness (QED) is 0.881. The van der Waals surface area contributed by atoms with Crippen LogP contribution in [0.25, 0.3) is 0 Å². The molecule has 5 nitrogen and oxygen atoms in total. The summed E-state index contributed by atoms with van der Waals surface area (Å²) < 4.78 is 6.49. The lowest BCUT2D eigenvalue weighted by Crippen LogP contribution is -2.38. The summed E-state index contributed by atoms with van der Waals surface area (Å²) in [4.78, 5) is 24.8. The average molecular weight is 356 g/mol. The van der Waals surface area contributed by atoms with E-state index in [9.17, 15) is 9.59 Å². The number of carboxylic acids is 1. The predicted octanol–water partition coefficient (Wildman–Crippen LogP) is 2.54. The number of hydrogen-bond donors (Lipinski definition) is 1. The molecule has 2 atom stereocenters. The fraction of sp³-hybridized carbons (Fsp3) is 0.467. The van der Waals surface area contributed by atoms with Crippen molar-refractivity contribution in [1.82, 2.24) is 4.90 Å². The summed E-state index contributed by atoms with van der Waals surface area (Å²) in [6.07, 6.45) is 0.780. The molecule has 1 heterocycles. The molecule has 114 valence electrons. The van der Waals surface area contributed by atoms with Gasteiger partial charge in [-0.2, -0.15) is 0 Å². The van der Waals surface area contributed by atoms with Crippen molar-refractivity contribution in [2.24, 2.45) is 5.92 Å². The Morgan fingerprint density at radius 1 is 1.38 bits per heavy atom. The maximum Gasteiger partial charge on any atom is 0.308 e. The van der Waals surface area contributed by atoms with Crippen LogP contribution in [0.15, 0.2) is 28.7 Å². The molecule has 2 rings (SSSR count). The van der Waals surface area contributed by atoms with Crippen molar-refractivity contribution in [2.75, 3.05) is 13.2 Å². The second-order valence-electron chi connectivity index (χ2n) is 5.11. The second kappa shape index (κ2) is 6.93. The smallest absolute Gasteiger partial charge is 0.308 e. The zero-order chi connectivity index (χ0) is 15.4. The molecule has 0 radical (unpaired) electrons. The van der Waals surface area contributed by atoms with E-state index in [4.69, 9.17) is 9.84 Å². The molecule has 1 aliphatic heterocycles. The third-order valence-electron chi connectivity index (χ3n) is 3.79. The van der Waals surface area contributed by atoms with E-state index in [-0.39, 0.29) is 18.4 Å². The lowest BCUT2D eigenvalue weighted by Gasteiger charge is -2.23. The number of aliphatic carboxylic acids is 1. The molecule has 1 amide bonds. The lowest BCUT2D eigenvalue weighted by molar-refractivity contribution is -0.143. The molecule has 2 unspecified atom stereocenters. The van der Waals surface area contributed by atoms with E-state index < -0.39 is 11.9 Å². The van der Waals surface area contributed by atoms with Crippen LogP contribution in [0, 0.1) is 5.92 Å². The van der Waals surface area contributed by atoms with Crippen LogP contribution in [-0.2, 0) is 9.59 Å². The van der Waals surface area contributed by atoms with Gasteiger partial charge in [0.05, 0.1) is 18.9 Å². The van der Waals surface area contributed by atoms with E-state index in [1.165, 1.54) is 0 Å². The van der Waals surface area contributed by atoms with Gasteiger partial charge in [0.2, 0.25) is 5.91 Å². The van der Waals surface area contributed by atoms with Crippen molar-refractivity contribution in [3.05, 3.63) is 28.7 Å². The van der Waals surface area contributed by atoms with Crippen LogP contribution < -0.4 is 4.74 Å². The van der Waals surface area contributed by atoms with Crippen molar-refractivity contribution in [3.8, 4) is 5.75 Å². The van der Waals surface area contributed by atoms with Gasteiger partial charge in [-0.1, -0.05) is 15.9 Å². The van der Waals surface area contributed by atoms with Gasteiger partial charge in [-0.05, 0) is 37.6 Å². The van der Waals surface area contributed by atoms with Crippen LogP contribution in [0.4, 0.5) is 0 Å². The number of benzene rings is 1. The van der Waals surface area contributed by atoms with E-state index in [1.54, 1.807) is 11.8 Å². The fourth-order valence-corrected chi connectivity index (χ4v) is 2.82. The molecule has 6 heteroatoms. The maximum absolute atomic E-state index is 12.1. The Kier molecular flexibility index (Phi) is 5.22. The molecule has 1 N–H and O–H groups in total. The van der Waals surface area contributed by atoms with E-state index in [0.717, 1.165) is 4.47 Å². The van der Waals surface area contributed by atoms with Gasteiger partial charge in [-0.15, -0.1) is 0 Å². The summed E-state index contributed by atoms with van der Waals surface area (Å²) in [5.74, 6) is -0.627. The van der Waals surface area contributed by atoms with E-state index in [0.29, 0.717) is 25.3 Å². The Labute approximate surface area is 132 Å².